The number of pyridine rings is 1. The van der Waals surface area contributed by atoms with Crippen LogP contribution in [0.5, 0.6) is 0 Å². The second-order valence-corrected chi connectivity index (χ2v) is 4.58. The summed E-state index contributed by atoms with van der Waals surface area (Å²) in [5.41, 5.74) is 7.22. The largest absolute Gasteiger partial charge is 0.396 e. The van der Waals surface area contributed by atoms with Gasteiger partial charge in [0.1, 0.15) is 0 Å². The van der Waals surface area contributed by atoms with E-state index in [4.69, 9.17) is 17.3 Å². The van der Waals surface area contributed by atoms with Crippen LogP contribution in [0.25, 0.3) is 0 Å². The van der Waals surface area contributed by atoms with E-state index in [9.17, 15) is 0 Å². The number of rotatable bonds is 1. The molecule has 0 unspecified atom stereocenters. The zero-order valence-electron chi connectivity index (χ0n) is 7.06. The van der Waals surface area contributed by atoms with Gasteiger partial charge in [-0.05, 0) is 34.8 Å². The lowest BCUT2D eigenvalue weighted by atomic mass is 9.83. The van der Waals surface area contributed by atoms with Crippen LogP contribution in [0, 0.1) is 0 Å². The van der Waals surface area contributed by atoms with Crippen molar-refractivity contribution in [3.63, 3.8) is 0 Å². The molecule has 1 fully saturated rings. The fourth-order valence-corrected chi connectivity index (χ4v) is 2.27. The highest BCUT2D eigenvalue weighted by Crippen LogP contribution is 2.40. The quantitative estimate of drug-likeness (QED) is 0.788. The minimum Gasteiger partial charge on any atom is -0.396 e. The Hall–Kier alpha value is -0.280. The van der Waals surface area contributed by atoms with Crippen LogP contribution in [-0.4, -0.2) is 4.98 Å². The molecule has 1 aliphatic rings. The van der Waals surface area contributed by atoms with E-state index < -0.39 is 0 Å². The van der Waals surface area contributed by atoms with Crippen molar-refractivity contribution in [3.05, 3.63) is 21.4 Å². The number of anilines is 1. The Kier molecular flexibility index (Phi) is 2.47. The van der Waals surface area contributed by atoms with Crippen molar-refractivity contribution < 1.29 is 0 Å². The van der Waals surface area contributed by atoms with Crippen LogP contribution in [0.1, 0.15) is 30.9 Å². The van der Waals surface area contributed by atoms with Gasteiger partial charge in [-0.15, -0.1) is 0 Å². The molecule has 1 heterocycles. The van der Waals surface area contributed by atoms with Crippen LogP contribution in [0.3, 0.4) is 0 Å². The van der Waals surface area contributed by atoms with Crippen LogP contribution in [0.15, 0.2) is 10.5 Å². The molecule has 1 aliphatic carbocycles. The van der Waals surface area contributed by atoms with Crippen molar-refractivity contribution in [2.75, 3.05) is 5.73 Å². The van der Waals surface area contributed by atoms with E-state index in [0.717, 1.165) is 10.2 Å². The maximum atomic E-state index is 5.85. The van der Waals surface area contributed by atoms with E-state index in [0.29, 0.717) is 16.8 Å². The first-order valence-corrected chi connectivity index (χ1v) is 5.47. The second-order valence-electron chi connectivity index (χ2n) is 3.36. The number of hydrogen-bond acceptors (Lipinski definition) is 2. The third-order valence-electron chi connectivity index (χ3n) is 2.48. The molecule has 2 rings (SSSR count). The molecule has 0 saturated heterocycles. The Labute approximate surface area is 90.6 Å². The minimum atomic E-state index is 0.421. The molecule has 0 aromatic carbocycles. The fraction of sp³-hybridized carbons (Fsp3) is 0.444. The molecular formula is C9H10BrClN2. The summed E-state index contributed by atoms with van der Waals surface area (Å²) in [5.74, 6) is 0.576. The number of aromatic nitrogens is 1. The average molecular weight is 262 g/mol. The predicted molar refractivity (Wildman–Crippen MR) is 58.0 cm³/mol. The van der Waals surface area contributed by atoms with E-state index in [1.165, 1.54) is 19.3 Å². The molecular weight excluding hydrogens is 251 g/mol. The van der Waals surface area contributed by atoms with Crippen molar-refractivity contribution in [1.82, 2.24) is 4.98 Å². The van der Waals surface area contributed by atoms with Gasteiger partial charge in [-0.1, -0.05) is 18.0 Å². The first kappa shape index (κ1) is 9.28. The maximum absolute atomic E-state index is 5.85. The van der Waals surface area contributed by atoms with E-state index in [-0.39, 0.29) is 0 Å². The first-order chi connectivity index (χ1) is 6.18. The molecule has 0 spiro atoms. The van der Waals surface area contributed by atoms with Gasteiger partial charge in [0.05, 0.1) is 11.4 Å². The lowest BCUT2D eigenvalue weighted by molar-refractivity contribution is 0.410. The van der Waals surface area contributed by atoms with Gasteiger partial charge in [-0.3, -0.25) is 0 Å². The second kappa shape index (κ2) is 3.46. The molecule has 1 aromatic rings. The summed E-state index contributed by atoms with van der Waals surface area (Å²) in [6, 6.07) is 1.84. The Morgan fingerprint density at radius 2 is 2.23 bits per heavy atom. The highest BCUT2D eigenvalue weighted by atomic mass is 79.9. The van der Waals surface area contributed by atoms with Crippen molar-refractivity contribution >= 4 is 33.2 Å². The average Bonchev–Trinajstić information content (AvgIpc) is 1.96. The van der Waals surface area contributed by atoms with E-state index in [1.807, 2.05) is 6.07 Å². The summed E-state index contributed by atoms with van der Waals surface area (Å²) in [6.07, 6.45) is 3.72. The molecule has 4 heteroatoms. The molecule has 2 nitrogen and oxygen atoms in total. The molecule has 0 bridgehead atoms. The molecule has 70 valence electrons. The van der Waals surface area contributed by atoms with Crippen molar-refractivity contribution in [1.29, 1.82) is 0 Å². The zero-order valence-corrected chi connectivity index (χ0v) is 9.40. The topological polar surface area (TPSA) is 38.9 Å². The molecule has 1 saturated carbocycles. The lowest BCUT2D eigenvalue weighted by Crippen LogP contribution is -2.11. The summed E-state index contributed by atoms with van der Waals surface area (Å²) in [5, 5.41) is 0.421. The molecule has 0 aliphatic heterocycles. The van der Waals surface area contributed by atoms with Crippen molar-refractivity contribution in [2.24, 2.45) is 0 Å². The molecule has 0 amide bonds. The third kappa shape index (κ3) is 1.67. The standard InChI is InChI=1S/C9H10BrClN2/c10-6-4-7(12)9(11)13-8(6)5-2-1-3-5/h4-5H,1-3,12H2. The van der Waals surface area contributed by atoms with Crippen LogP contribution < -0.4 is 5.73 Å². The monoisotopic (exact) mass is 260 g/mol. The van der Waals surface area contributed by atoms with Crippen LogP contribution in [0.4, 0.5) is 5.69 Å². The van der Waals surface area contributed by atoms with E-state index in [2.05, 4.69) is 20.9 Å². The summed E-state index contributed by atoms with van der Waals surface area (Å²) < 4.78 is 0.985. The molecule has 2 N–H and O–H groups in total. The Morgan fingerprint density at radius 3 is 2.77 bits per heavy atom. The number of nitrogens with zero attached hydrogens (tertiary/aromatic N) is 1. The van der Waals surface area contributed by atoms with Crippen molar-refractivity contribution in [2.45, 2.75) is 25.2 Å². The molecule has 13 heavy (non-hydrogen) atoms. The third-order valence-corrected chi connectivity index (χ3v) is 3.41. The van der Waals surface area contributed by atoms with E-state index >= 15 is 0 Å². The molecule has 0 atom stereocenters. The highest BCUT2D eigenvalue weighted by molar-refractivity contribution is 9.10. The van der Waals surface area contributed by atoms with E-state index in [1.54, 1.807) is 0 Å². The van der Waals surface area contributed by atoms with Gasteiger partial charge >= 0.3 is 0 Å². The summed E-state index contributed by atoms with van der Waals surface area (Å²) in [4.78, 5) is 4.29. The highest BCUT2D eigenvalue weighted by Gasteiger charge is 2.23. The summed E-state index contributed by atoms with van der Waals surface area (Å²) in [6.45, 7) is 0. The number of hydrogen-bond donors (Lipinski definition) is 1. The SMILES string of the molecule is Nc1cc(Br)c(C2CCC2)nc1Cl. The fourth-order valence-electron chi connectivity index (χ4n) is 1.46. The lowest BCUT2D eigenvalue weighted by Gasteiger charge is -2.25. The van der Waals surface area contributed by atoms with Crippen LogP contribution >= 0.6 is 27.5 Å². The van der Waals surface area contributed by atoms with Gasteiger partial charge in [0.2, 0.25) is 0 Å². The Morgan fingerprint density at radius 1 is 1.54 bits per heavy atom. The van der Waals surface area contributed by atoms with Gasteiger partial charge < -0.3 is 5.73 Å². The predicted octanol–water partition coefficient (Wildman–Crippen LogP) is 3.35. The number of halogens is 2. The zero-order chi connectivity index (χ0) is 9.42. The van der Waals surface area contributed by atoms with Crippen LogP contribution in [-0.2, 0) is 0 Å². The summed E-state index contributed by atoms with van der Waals surface area (Å²) >= 11 is 9.31. The first-order valence-electron chi connectivity index (χ1n) is 4.30. The van der Waals surface area contributed by atoms with Crippen LogP contribution in [0.2, 0.25) is 5.15 Å². The minimum absolute atomic E-state index is 0.421. The Bertz CT molecular complexity index is 337. The van der Waals surface area contributed by atoms with Gasteiger partial charge in [0.15, 0.2) is 5.15 Å². The smallest absolute Gasteiger partial charge is 0.152 e. The van der Waals surface area contributed by atoms with Crippen molar-refractivity contribution in [3.8, 4) is 0 Å². The van der Waals surface area contributed by atoms with Gasteiger partial charge in [-0.2, -0.15) is 0 Å². The van der Waals surface area contributed by atoms with Gasteiger partial charge in [0, 0.05) is 10.4 Å². The van der Waals surface area contributed by atoms with Gasteiger partial charge in [0.25, 0.3) is 0 Å². The summed E-state index contributed by atoms with van der Waals surface area (Å²) in [7, 11) is 0. The normalized spacial score (nSPS) is 17.1. The molecule has 1 aromatic heterocycles. The number of nitrogens with two attached hydrogens (primary N) is 1. The number of nitrogen functional groups attached to an aromatic ring is 1. The Balaban J connectivity index is 2.39. The molecule has 0 radical (unpaired) electrons. The maximum Gasteiger partial charge on any atom is 0.152 e. The van der Waals surface area contributed by atoms with Gasteiger partial charge in [-0.25, -0.2) is 4.98 Å².